The highest BCUT2D eigenvalue weighted by Gasteiger charge is 2.27. The summed E-state index contributed by atoms with van der Waals surface area (Å²) in [6.07, 6.45) is 5.47. The van der Waals surface area contributed by atoms with E-state index in [2.05, 4.69) is 26.2 Å². The lowest BCUT2D eigenvalue weighted by atomic mass is 10.1. The van der Waals surface area contributed by atoms with Crippen LogP contribution in [0.1, 0.15) is 18.9 Å². The molecule has 0 aliphatic heterocycles. The second-order valence-corrected chi connectivity index (χ2v) is 8.39. The molecular weight excluding hydrogens is 444 g/mol. The van der Waals surface area contributed by atoms with Crippen molar-refractivity contribution in [2.75, 3.05) is 5.32 Å². The fourth-order valence-electron chi connectivity index (χ4n) is 3.65. The van der Waals surface area contributed by atoms with E-state index in [0.29, 0.717) is 16.7 Å². The summed E-state index contributed by atoms with van der Waals surface area (Å²) in [5, 5.41) is 2.89. The van der Waals surface area contributed by atoms with Crippen molar-refractivity contribution in [3.63, 3.8) is 0 Å². The molecule has 0 bridgehead atoms. The van der Waals surface area contributed by atoms with Crippen LogP contribution in [0.2, 0.25) is 0 Å². The Morgan fingerprint density at radius 2 is 1.83 bits per heavy atom. The van der Waals surface area contributed by atoms with Gasteiger partial charge in [-0.3, -0.25) is 14.2 Å². The number of nitrogens with one attached hydrogen (secondary N) is 1. The third-order valence-electron chi connectivity index (χ3n) is 5.27. The summed E-state index contributed by atoms with van der Waals surface area (Å²) in [5.74, 6) is -0.199. The van der Waals surface area contributed by atoms with E-state index in [1.165, 1.54) is 0 Å². The van der Waals surface area contributed by atoms with E-state index in [1.807, 2.05) is 60.8 Å². The Balaban J connectivity index is 1.56. The van der Waals surface area contributed by atoms with Gasteiger partial charge in [-0.05, 0) is 42.7 Å². The van der Waals surface area contributed by atoms with Gasteiger partial charge in [-0.1, -0.05) is 46.3 Å². The zero-order valence-corrected chi connectivity index (χ0v) is 17.7. The minimum Gasteiger partial charge on any atom is -0.332 e. The predicted octanol–water partition coefficient (Wildman–Crippen LogP) is 4.60. The number of benzene rings is 2. The van der Waals surface area contributed by atoms with E-state index < -0.39 is 0 Å². The third-order valence-corrected chi connectivity index (χ3v) is 5.80. The number of amides is 1. The van der Waals surface area contributed by atoms with E-state index in [1.54, 1.807) is 15.5 Å². The Labute approximate surface area is 181 Å². The summed E-state index contributed by atoms with van der Waals surface area (Å²) in [4.78, 5) is 30.6. The van der Waals surface area contributed by atoms with Gasteiger partial charge < -0.3 is 9.88 Å². The highest BCUT2D eigenvalue weighted by atomic mass is 79.9. The van der Waals surface area contributed by atoms with E-state index >= 15 is 0 Å². The molecule has 1 saturated carbocycles. The standard InChI is InChI=1S/C23H19BrN4O2/c24-16-6-8-17(9-7-16)26-20(29)13-27-12-19(15-4-2-1-3-5-15)21-22(27)23(30)28(14-25-21)18-10-11-18/h1-9,12,14,18H,10-11,13H2,(H,26,29). The molecule has 2 heterocycles. The third kappa shape index (κ3) is 3.57. The van der Waals surface area contributed by atoms with E-state index in [4.69, 9.17) is 0 Å². The molecule has 0 unspecified atom stereocenters. The fourth-order valence-corrected chi connectivity index (χ4v) is 3.91. The molecule has 6 nitrogen and oxygen atoms in total. The summed E-state index contributed by atoms with van der Waals surface area (Å²) < 4.78 is 4.36. The van der Waals surface area contributed by atoms with Crippen molar-refractivity contribution >= 4 is 38.6 Å². The normalized spacial score (nSPS) is 13.5. The number of carbonyl (C=O) groups excluding carboxylic acids is 1. The van der Waals surface area contributed by atoms with Gasteiger partial charge in [0.25, 0.3) is 5.56 Å². The van der Waals surface area contributed by atoms with Crippen molar-refractivity contribution < 1.29 is 4.79 Å². The number of fused-ring (bicyclic) bond motifs is 1. The molecule has 2 aromatic heterocycles. The van der Waals surface area contributed by atoms with Crippen LogP contribution in [0.25, 0.3) is 22.2 Å². The van der Waals surface area contributed by atoms with Crippen LogP contribution in [0.4, 0.5) is 5.69 Å². The van der Waals surface area contributed by atoms with Gasteiger partial charge in [0.1, 0.15) is 17.6 Å². The van der Waals surface area contributed by atoms with Gasteiger partial charge in [-0.25, -0.2) is 4.98 Å². The maximum Gasteiger partial charge on any atom is 0.278 e. The molecule has 1 fully saturated rings. The van der Waals surface area contributed by atoms with Gasteiger partial charge in [-0.15, -0.1) is 0 Å². The molecule has 1 N–H and O–H groups in total. The molecule has 0 radical (unpaired) electrons. The molecule has 1 aliphatic carbocycles. The quantitative estimate of drug-likeness (QED) is 0.471. The Morgan fingerprint density at radius 1 is 1.10 bits per heavy atom. The molecule has 0 atom stereocenters. The van der Waals surface area contributed by atoms with Crippen LogP contribution >= 0.6 is 15.9 Å². The lowest BCUT2D eigenvalue weighted by molar-refractivity contribution is -0.116. The van der Waals surface area contributed by atoms with Gasteiger partial charge in [0.2, 0.25) is 5.91 Å². The molecule has 1 aliphatic rings. The van der Waals surface area contributed by atoms with Crippen LogP contribution in [0.15, 0.2) is 76.4 Å². The monoisotopic (exact) mass is 462 g/mol. The number of hydrogen-bond acceptors (Lipinski definition) is 3. The molecule has 30 heavy (non-hydrogen) atoms. The Kier molecular flexibility index (Phi) is 4.75. The fraction of sp³-hybridized carbons (Fsp3) is 0.174. The number of carbonyl (C=O) groups is 1. The molecule has 1 amide bonds. The van der Waals surface area contributed by atoms with Gasteiger partial charge in [0, 0.05) is 28.0 Å². The van der Waals surface area contributed by atoms with E-state index in [-0.39, 0.29) is 24.1 Å². The molecular formula is C23H19BrN4O2. The first kappa shape index (κ1) is 18.8. The second kappa shape index (κ2) is 7.57. The molecule has 5 rings (SSSR count). The largest absolute Gasteiger partial charge is 0.332 e. The summed E-state index contributed by atoms with van der Waals surface area (Å²) in [5.41, 5.74) is 3.51. The van der Waals surface area contributed by atoms with Crippen molar-refractivity contribution in [1.82, 2.24) is 14.1 Å². The van der Waals surface area contributed by atoms with Gasteiger partial charge >= 0.3 is 0 Å². The average molecular weight is 463 g/mol. The predicted molar refractivity (Wildman–Crippen MR) is 120 cm³/mol. The van der Waals surface area contributed by atoms with Gasteiger partial charge in [0.05, 0.1) is 6.33 Å². The van der Waals surface area contributed by atoms with Crippen molar-refractivity contribution in [2.24, 2.45) is 0 Å². The lowest BCUT2D eigenvalue weighted by Gasteiger charge is -2.08. The number of anilines is 1. The number of hydrogen-bond donors (Lipinski definition) is 1. The van der Waals surface area contributed by atoms with Crippen LogP contribution in [0, 0.1) is 0 Å². The molecule has 150 valence electrons. The van der Waals surface area contributed by atoms with Crippen LogP contribution in [0.5, 0.6) is 0 Å². The zero-order chi connectivity index (χ0) is 20.7. The molecule has 2 aromatic carbocycles. The number of rotatable bonds is 5. The molecule has 4 aromatic rings. The Bertz CT molecular complexity index is 1290. The summed E-state index contributed by atoms with van der Waals surface area (Å²) in [6.45, 7) is 0.0327. The van der Waals surface area contributed by atoms with Crippen LogP contribution < -0.4 is 10.9 Å². The van der Waals surface area contributed by atoms with Crippen LogP contribution in [-0.4, -0.2) is 20.0 Å². The SMILES string of the molecule is O=C(Cn1cc(-c2ccccc2)c2ncn(C3CC3)c(=O)c21)Nc1ccc(Br)cc1. The first-order chi connectivity index (χ1) is 14.6. The number of nitrogens with zero attached hydrogens (tertiary/aromatic N) is 3. The first-order valence-corrected chi connectivity index (χ1v) is 10.6. The zero-order valence-electron chi connectivity index (χ0n) is 16.1. The Morgan fingerprint density at radius 3 is 2.53 bits per heavy atom. The van der Waals surface area contributed by atoms with Crippen molar-refractivity contribution in [3.05, 3.63) is 81.9 Å². The first-order valence-electron chi connectivity index (χ1n) is 9.81. The van der Waals surface area contributed by atoms with Gasteiger partial charge in [-0.2, -0.15) is 0 Å². The number of aromatic nitrogens is 3. The van der Waals surface area contributed by atoms with Crippen molar-refractivity contribution in [2.45, 2.75) is 25.4 Å². The maximum atomic E-state index is 13.2. The number of halogens is 1. The minimum atomic E-state index is -0.199. The van der Waals surface area contributed by atoms with E-state index in [9.17, 15) is 9.59 Å². The molecule has 0 spiro atoms. The maximum absolute atomic E-state index is 13.2. The van der Waals surface area contributed by atoms with E-state index in [0.717, 1.165) is 28.4 Å². The van der Waals surface area contributed by atoms with Crippen LogP contribution in [-0.2, 0) is 11.3 Å². The lowest BCUT2D eigenvalue weighted by Crippen LogP contribution is -2.24. The summed E-state index contributed by atoms with van der Waals surface area (Å²) in [6, 6.07) is 17.4. The van der Waals surface area contributed by atoms with Gasteiger partial charge in [0.15, 0.2) is 0 Å². The molecule has 0 saturated heterocycles. The highest BCUT2D eigenvalue weighted by Crippen LogP contribution is 2.34. The second-order valence-electron chi connectivity index (χ2n) is 7.48. The van der Waals surface area contributed by atoms with Crippen molar-refractivity contribution in [1.29, 1.82) is 0 Å². The molecule has 7 heteroatoms. The van der Waals surface area contributed by atoms with Crippen LogP contribution in [0.3, 0.4) is 0 Å². The Hall–Kier alpha value is -3.19. The highest BCUT2D eigenvalue weighted by molar-refractivity contribution is 9.10. The topological polar surface area (TPSA) is 68.9 Å². The van der Waals surface area contributed by atoms with Crippen molar-refractivity contribution in [3.8, 4) is 11.1 Å². The summed E-state index contributed by atoms with van der Waals surface area (Å²) in [7, 11) is 0. The average Bonchev–Trinajstić information content (AvgIpc) is 3.52. The smallest absolute Gasteiger partial charge is 0.278 e. The minimum absolute atomic E-state index is 0.0327. The summed E-state index contributed by atoms with van der Waals surface area (Å²) >= 11 is 3.39.